The Hall–Kier alpha value is -0.650. The zero-order valence-corrected chi connectivity index (χ0v) is 6.49. The number of hydrogen-bond acceptors (Lipinski definition) is 5. The van der Waals surface area contributed by atoms with E-state index in [0.29, 0.717) is 0 Å². The fraction of sp³-hybridized carbons (Fsp3) is 0.833. The molecule has 0 aliphatic carbocycles. The van der Waals surface area contributed by atoms with E-state index in [1.807, 2.05) is 18.3 Å². The van der Waals surface area contributed by atoms with Crippen molar-refractivity contribution in [3.05, 3.63) is 0 Å². The molecule has 1 fully saturated rings. The monoisotopic (exact) mass is 155 g/mol. The van der Waals surface area contributed by atoms with Crippen LogP contribution in [0.3, 0.4) is 0 Å². The number of likely N-dealkylation sites (N-methyl/N-ethyl adjacent to an activating group) is 1. The third kappa shape index (κ3) is 1.01. The van der Waals surface area contributed by atoms with Gasteiger partial charge >= 0.3 is 0 Å². The van der Waals surface area contributed by atoms with E-state index in [0.717, 1.165) is 6.67 Å². The SMILES string of the molecule is CN1C=NC2C(N)NCNC21. The molecule has 2 rings (SSSR count). The normalized spacial score (nSPS) is 42.7. The standard InChI is InChI=1S/C6H13N5/c1-11-3-10-4-5(7)8-2-9-6(4)11/h3-6,8-9H,2,7H2,1H3. The molecule has 5 nitrogen and oxygen atoms in total. The van der Waals surface area contributed by atoms with Crippen molar-refractivity contribution in [2.75, 3.05) is 13.7 Å². The molecule has 2 aliphatic rings. The van der Waals surface area contributed by atoms with Crippen LogP contribution in [0.5, 0.6) is 0 Å². The van der Waals surface area contributed by atoms with Crippen molar-refractivity contribution in [1.82, 2.24) is 15.5 Å². The van der Waals surface area contributed by atoms with Crippen LogP contribution in [-0.2, 0) is 0 Å². The van der Waals surface area contributed by atoms with Crippen LogP contribution in [0.25, 0.3) is 0 Å². The smallest absolute Gasteiger partial charge is 0.114 e. The summed E-state index contributed by atoms with van der Waals surface area (Å²) >= 11 is 0. The predicted molar refractivity (Wildman–Crippen MR) is 42.9 cm³/mol. The molecule has 0 radical (unpaired) electrons. The molecule has 0 bridgehead atoms. The number of nitrogens with zero attached hydrogens (tertiary/aromatic N) is 2. The van der Waals surface area contributed by atoms with Gasteiger partial charge in [0, 0.05) is 13.7 Å². The Morgan fingerprint density at radius 3 is 3.18 bits per heavy atom. The molecule has 0 aromatic rings. The van der Waals surface area contributed by atoms with Gasteiger partial charge in [0.25, 0.3) is 0 Å². The minimum Gasteiger partial charge on any atom is -0.348 e. The van der Waals surface area contributed by atoms with E-state index in [9.17, 15) is 0 Å². The highest BCUT2D eigenvalue weighted by Crippen LogP contribution is 2.12. The van der Waals surface area contributed by atoms with Gasteiger partial charge in [0.1, 0.15) is 12.2 Å². The highest BCUT2D eigenvalue weighted by atomic mass is 15.4. The lowest BCUT2D eigenvalue weighted by molar-refractivity contribution is 0.207. The first-order valence-electron chi connectivity index (χ1n) is 3.76. The van der Waals surface area contributed by atoms with Gasteiger partial charge < -0.3 is 10.6 Å². The maximum Gasteiger partial charge on any atom is 0.114 e. The third-order valence-electron chi connectivity index (χ3n) is 2.20. The zero-order chi connectivity index (χ0) is 7.84. The Balaban J connectivity index is 2.12. The zero-order valence-electron chi connectivity index (χ0n) is 6.49. The number of nitrogens with one attached hydrogen (secondary N) is 2. The molecular formula is C6H13N5. The fourth-order valence-electron chi connectivity index (χ4n) is 1.53. The van der Waals surface area contributed by atoms with Crippen LogP contribution < -0.4 is 16.4 Å². The number of rotatable bonds is 0. The van der Waals surface area contributed by atoms with Crippen LogP contribution in [0.4, 0.5) is 0 Å². The van der Waals surface area contributed by atoms with E-state index in [1.165, 1.54) is 0 Å². The Labute approximate surface area is 65.6 Å². The molecule has 2 aliphatic heterocycles. The van der Waals surface area contributed by atoms with Gasteiger partial charge in [-0.1, -0.05) is 0 Å². The van der Waals surface area contributed by atoms with Crippen LogP contribution in [0.1, 0.15) is 0 Å². The molecule has 5 heteroatoms. The Morgan fingerprint density at radius 2 is 2.45 bits per heavy atom. The molecule has 3 unspecified atom stereocenters. The van der Waals surface area contributed by atoms with Crippen molar-refractivity contribution in [3.63, 3.8) is 0 Å². The highest BCUT2D eigenvalue weighted by molar-refractivity contribution is 5.58. The van der Waals surface area contributed by atoms with Gasteiger partial charge in [-0.15, -0.1) is 0 Å². The van der Waals surface area contributed by atoms with Crippen molar-refractivity contribution in [2.45, 2.75) is 18.4 Å². The first-order valence-corrected chi connectivity index (χ1v) is 3.76. The Morgan fingerprint density at radius 1 is 1.64 bits per heavy atom. The molecule has 3 atom stereocenters. The number of nitrogens with two attached hydrogens (primary N) is 1. The van der Waals surface area contributed by atoms with Crippen LogP contribution >= 0.6 is 0 Å². The molecule has 1 saturated heterocycles. The summed E-state index contributed by atoms with van der Waals surface area (Å²) in [6, 6.07) is 0.161. The second-order valence-corrected chi connectivity index (χ2v) is 2.98. The summed E-state index contributed by atoms with van der Waals surface area (Å²) in [6.07, 6.45) is 2.10. The highest BCUT2D eigenvalue weighted by Gasteiger charge is 2.35. The molecule has 4 N–H and O–H groups in total. The van der Waals surface area contributed by atoms with Crippen molar-refractivity contribution >= 4 is 6.34 Å². The molecule has 0 amide bonds. The predicted octanol–water partition coefficient (Wildman–Crippen LogP) is -1.91. The van der Waals surface area contributed by atoms with Gasteiger partial charge in [-0.05, 0) is 0 Å². The minimum absolute atomic E-state index is 0.0116. The molecule has 0 aromatic carbocycles. The van der Waals surface area contributed by atoms with E-state index in [2.05, 4.69) is 15.6 Å². The lowest BCUT2D eigenvalue weighted by atomic mass is 10.1. The van der Waals surface area contributed by atoms with E-state index in [4.69, 9.17) is 5.73 Å². The summed E-state index contributed by atoms with van der Waals surface area (Å²) in [7, 11) is 2.00. The molecule has 2 heterocycles. The van der Waals surface area contributed by atoms with Crippen molar-refractivity contribution in [3.8, 4) is 0 Å². The lowest BCUT2D eigenvalue weighted by Gasteiger charge is -2.34. The maximum atomic E-state index is 5.79. The van der Waals surface area contributed by atoms with Crippen LogP contribution in [0.15, 0.2) is 4.99 Å². The first kappa shape index (κ1) is 7.02. The molecule has 0 aromatic heterocycles. The number of hydrogen-bond donors (Lipinski definition) is 3. The maximum absolute atomic E-state index is 5.79. The van der Waals surface area contributed by atoms with Gasteiger partial charge in [-0.2, -0.15) is 0 Å². The summed E-state index contributed by atoms with van der Waals surface area (Å²) in [5, 5.41) is 6.37. The molecule has 11 heavy (non-hydrogen) atoms. The average Bonchev–Trinajstić information content (AvgIpc) is 2.35. The molecular weight excluding hydrogens is 142 g/mol. The summed E-state index contributed by atoms with van der Waals surface area (Å²) < 4.78 is 0. The fourth-order valence-corrected chi connectivity index (χ4v) is 1.53. The van der Waals surface area contributed by atoms with E-state index >= 15 is 0 Å². The van der Waals surface area contributed by atoms with Gasteiger partial charge in [0.15, 0.2) is 0 Å². The summed E-state index contributed by atoms with van der Waals surface area (Å²) in [5.74, 6) is 0. The first-order chi connectivity index (χ1) is 5.29. The van der Waals surface area contributed by atoms with E-state index in [-0.39, 0.29) is 18.4 Å². The second kappa shape index (κ2) is 2.44. The van der Waals surface area contributed by atoms with Gasteiger partial charge in [0.05, 0.1) is 12.5 Å². The summed E-state index contributed by atoms with van der Waals surface area (Å²) in [6.45, 7) is 0.760. The van der Waals surface area contributed by atoms with Crippen LogP contribution in [0, 0.1) is 0 Å². The molecule has 62 valence electrons. The third-order valence-corrected chi connectivity index (χ3v) is 2.20. The quantitative estimate of drug-likeness (QED) is 0.382. The van der Waals surface area contributed by atoms with Crippen molar-refractivity contribution in [1.29, 1.82) is 0 Å². The van der Waals surface area contributed by atoms with Crippen LogP contribution in [-0.4, -0.2) is 43.3 Å². The lowest BCUT2D eigenvalue weighted by Crippen LogP contribution is -2.65. The number of fused-ring (bicyclic) bond motifs is 1. The topological polar surface area (TPSA) is 65.7 Å². The van der Waals surface area contributed by atoms with Gasteiger partial charge in [-0.25, -0.2) is 0 Å². The van der Waals surface area contributed by atoms with E-state index < -0.39 is 0 Å². The largest absolute Gasteiger partial charge is 0.348 e. The summed E-state index contributed by atoms with van der Waals surface area (Å²) in [5.41, 5.74) is 5.79. The van der Waals surface area contributed by atoms with Crippen molar-refractivity contribution in [2.24, 2.45) is 10.7 Å². The van der Waals surface area contributed by atoms with Crippen molar-refractivity contribution < 1.29 is 0 Å². The number of aliphatic imine (C=N–C) groups is 1. The average molecular weight is 155 g/mol. The van der Waals surface area contributed by atoms with Crippen LogP contribution in [0.2, 0.25) is 0 Å². The van der Waals surface area contributed by atoms with Gasteiger partial charge in [-0.3, -0.25) is 15.6 Å². The Kier molecular flexibility index (Phi) is 1.56. The second-order valence-electron chi connectivity index (χ2n) is 2.98. The van der Waals surface area contributed by atoms with Gasteiger partial charge in [0.2, 0.25) is 0 Å². The van der Waals surface area contributed by atoms with E-state index in [1.54, 1.807) is 0 Å². The molecule has 0 spiro atoms. The molecule has 0 saturated carbocycles. The summed E-state index contributed by atoms with van der Waals surface area (Å²) in [4.78, 5) is 6.32. The minimum atomic E-state index is -0.0116. The Bertz CT molecular complexity index is 180.